The zero-order valence-corrected chi connectivity index (χ0v) is 11.1. The first kappa shape index (κ1) is 14.5. The average molecular weight is 278 g/mol. The Morgan fingerprint density at radius 2 is 2.15 bits per heavy atom. The number of amides is 1. The number of rotatable bonds is 5. The number of nitrogens with two attached hydrogens (primary N) is 1. The molecule has 0 aliphatic carbocycles. The van der Waals surface area contributed by atoms with E-state index < -0.39 is 11.9 Å². The molecule has 1 aromatic carbocycles. The molecule has 1 atom stereocenters. The van der Waals surface area contributed by atoms with Crippen molar-refractivity contribution in [3.8, 4) is 0 Å². The number of nitrogens with zero attached hydrogens (tertiary/aromatic N) is 1. The lowest BCUT2D eigenvalue weighted by Gasteiger charge is -2.35. The molecule has 1 aliphatic rings. The highest BCUT2D eigenvalue weighted by Crippen LogP contribution is 2.17. The van der Waals surface area contributed by atoms with Gasteiger partial charge < -0.3 is 15.6 Å². The Hall–Kier alpha value is -1.92. The summed E-state index contributed by atoms with van der Waals surface area (Å²) >= 11 is 0. The molecular formula is C14H18N2O4. The van der Waals surface area contributed by atoms with Gasteiger partial charge in [0.25, 0.3) is 0 Å². The van der Waals surface area contributed by atoms with E-state index in [0.717, 1.165) is 5.56 Å². The number of primary amides is 1. The number of benzene rings is 1. The van der Waals surface area contributed by atoms with Crippen molar-refractivity contribution in [1.82, 2.24) is 4.90 Å². The largest absolute Gasteiger partial charge is 0.481 e. The van der Waals surface area contributed by atoms with Gasteiger partial charge in [-0.25, -0.2) is 0 Å². The highest BCUT2D eigenvalue weighted by molar-refractivity contribution is 5.94. The number of aliphatic carboxylic acids is 1. The fraction of sp³-hybridized carbons (Fsp3) is 0.429. The molecule has 6 heteroatoms. The number of carboxylic acids is 1. The molecule has 1 aliphatic heterocycles. The van der Waals surface area contributed by atoms with Crippen molar-refractivity contribution in [3.63, 3.8) is 0 Å². The van der Waals surface area contributed by atoms with E-state index in [-0.39, 0.29) is 12.5 Å². The lowest BCUT2D eigenvalue weighted by Crippen LogP contribution is -2.46. The van der Waals surface area contributed by atoms with Crippen LogP contribution in [-0.2, 0) is 16.1 Å². The second kappa shape index (κ2) is 6.49. The fourth-order valence-corrected chi connectivity index (χ4v) is 2.40. The van der Waals surface area contributed by atoms with E-state index in [0.29, 0.717) is 31.9 Å². The molecule has 1 saturated heterocycles. The summed E-state index contributed by atoms with van der Waals surface area (Å²) in [6.07, 6.45) is 0.0265. The van der Waals surface area contributed by atoms with E-state index >= 15 is 0 Å². The lowest BCUT2D eigenvalue weighted by atomic mass is 10.0. The molecule has 1 aromatic rings. The van der Waals surface area contributed by atoms with Crippen molar-refractivity contribution >= 4 is 11.9 Å². The summed E-state index contributed by atoms with van der Waals surface area (Å²) in [7, 11) is 0. The third kappa shape index (κ3) is 3.55. The molecule has 3 N–H and O–H groups in total. The quantitative estimate of drug-likeness (QED) is 0.816. The maximum Gasteiger partial charge on any atom is 0.305 e. The Balaban J connectivity index is 2.14. The van der Waals surface area contributed by atoms with Crippen LogP contribution in [0.4, 0.5) is 0 Å². The SMILES string of the molecule is NC(=O)c1ccccc1CN1CCOCC1CC(=O)O. The zero-order chi connectivity index (χ0) is 14.5. The van der Waals surface area contributed by atoms with Gasteiger partial charge in [-0.2, -0.15) is 0 Å². The van der Waals surface area contributed by atoms with Gasteiger partial charge in [0.2, 0.25) is 5.91 Å². The zero-order valence-electron chi connectivity index (χ0n) is 11.1. The maximum atomic E-state index is 11.4. The van der Waals surface area contributed by atoms with Crippen LogP contribution in [0.2, 0.25) is 0 Å². The van der Waals surface area contributed by atoms with Crippen LogP contribution in [0, 0.1) is 0 Å². The number of hydrogen-bond acceptors (Lipinski definition) is 4. The second-order valence-electron chi connectivity index (χ2n) is 4.82. The van der Waals surface area contributed by atoms with E-state index in [2.05, 4.69) is 0 Å². The summed E-state index contributed by atoms with van der Waals surface area (Å²) in [4.78, 5) is 24.3. The maximum absolute atomic E-state index is 11.4. The number of carbonyl (C=O) groups is 2. The molecule has 0 aromatic heterocycles. The first-order valence-corrected chi connectivity index (χ1v) is 6.49. The molecule has 1 unspecified atom stereocenters. The van der Waals surface area contributed by atoms with Crippen LogP contribution in [0.15, 0.2) is 24.3 Å². The molecule has 0 spiro atoms. The summed E-state index contributed by atoms with van der Waals surface area (Å²) in [5.74, 6) is -1.32. The highest BCUT2D eigenvalue weighted by Gasteiger charge is 2.26. The molecule has 1 amide bonds. The molecule has 2 rings (SSSR count). The van der Waals surface area contributed by atoms with Crippen LogP contribution in [0.25, 0.3) is 0 Å². The van der Waals surface area contributed by atoms with Gasteiger partial charge in [-0.05, 0) is 11.6 Å². The molecule has 108 valence electrons. The van der Waals surface area contributed by atoms with Crippen LogP contribution >= 0.6 is 0 Å². The van der Waals surface area contributed by atoms with Crippen LogP contribution in [-0.4, -0.2) is 47.7 Å². The van der Waals surface area contributed by atoms with Crippen molar-refractivity contribution in [3.05, 3.63) is 35.4 Å². The third-order valence-corrected chi connectivity index (χ3v) is 3.42. The lowest BCUT2D eigenvalue weighted by molar-refractivity contribution is -0.140. The monoisotopic (exact) mass is 278 g/mol. The number of carbonyl (C=O) groups excluding carboxylic acids is 1. The van der Waals surface area contributed by atoms with Gasteiger partial charge in [0.15, 0.2) is 0 Å². The van der Waals surface area contributed by atoms with E-state index in [1.807, 2.05) is 17.0 Å². The molecule has 1 heterocycles. The van der Waals surface area contributed by atoms with Crippen LogP contribution in [0.5, 0.6) is 0 Å². The Bertz CT molecular complexity index is 504. The number of hydrogen-bond donors (Lipinski definition) is 2. The van der Waals surface area contributed by atoms with Crippen molar-refractivity contribution in [2.75, 3.05) is 19.8 Å². The van der Waals surface area contributed by atoms with Crippen molar-refractivity contribution < 1.29 is 19.4 Å². The molecule has 6 nitrogen and oxygen atoms in total. The normalized spacial score (nSPS) is 19.7. The fourth-order valence-electron chi connectivity index (χ4n) is 2.40. The molecule has 0 saturated carbocycles. The van der Waals surface area contributed by atoms with Gasteiger partial charge in [0, 0.05) is 24.7 Å². The average Bonchev–Trinajstić information content (AvgIpc) is 2.41. The van der Waals surface area contributed by atoms with E-state index in [1.54, 1.807) is 12.1 Å². The van der Waals surface area contributed by atoms with E-state index in [4.69, 9.17) is 15.6 Å². The van der Waals surface area contributed by atoms with Gasteiger partial charge in [0.1, 0.15) is 0 Å². The number of carboxylic acid groups (broad SMARTS) is 1. The topological polar surface area (TPSA) is 92.9 Å². The Kier molecular flexibility index (Phi) is 4.70. The van der Waals surface area contributed by atoms with Gasteiger partial charge in [-0.15, -0.1) is 0 Å². The van der Waals surface area contributed by atoms with Crippen LogP contribution in [0.1, 0.15) is 22.3 Å². The van der Waals surface area contributed by atoms with Gasteiger partial charge in [-0.3, -0.25) is 14.5 Å². The van der Waals surface area contributed by atoms with E-state index in [1.165, 1.54) is 0 Å². The molecule has 0 radical (unpaired) electrons. The van der Waals surface area contributed by atoms with Crippen LogP contribution in [0.3, 0.4) is 0 Å². The summed E-state index contributed by atoms with van der Waals surface area (Å²) in [5, 5.41) is 8.94. The Morgan fingerprint density at radius 1 is 1.40 bits per heavy atom. The predicted octanol–water partition coefficient (Wildman–Crippen LogP) is 0.461. The summed E-state index contributed by atoms with van der Waals surface area (Å²) < 4.78 is 5.33. The minimum Gasteiger partial charge on any atom is -0.481 e. The van der Waals surface area contributed by atoms with E-state index in [9.17, 15) is 9.59 Å². The molecule has 0 bridgehead atoms. The minimum atomic E-state index is -0.853. The first-order valence-electron chi connectivity index (χ1n) is 6.49. The van der Waals surface area contributed by atoms with Crippen molar-refractivity contribution in [1.29, 1.82) is 0 Å². The smallest absolute Gasteiger partial charge is 0.305 e. The van der Waals surface area contributed by atoms with Crippen molar-refractivity contribution in [2.24, 2.45) is 5.73 Å². The standard InChI is InChI=1S/C14H18N2O4/c15-14(19)12-4-2-1-3-10(12)8-16-5-6-20-9-11(16)7-13(17)18/h1-4,11H,5-9H2,(H2,15,19)(H,17,18). The third-order valence-electron chi connectivity index (χ3n) is 3.42. The molecular weight excluding hydrogens is 260 g/mol. The minimum absolute atomic E-state index is 0.0265. The summed E-state index contributed by atoms with van der Waals surface area (Å²) in [5.41, 5.74) is 6.66. The van der Waals surface area contributed by atoms with Gasteiger partial charge in [-0.1, -0.05) is 18.2 Å². The van der Waals surface area contributed by atoms with Gasteiger partial charge in [0.05, 0.1) is 19.6 Å². The Morgan fingerprint density at radius 3 is 2.85 bits per heavy atom. The van der Waals surface area contributed by atoms with Gasteiger partial charge >= 0.3 is 5.97 Å². The van der Waals surface area contributed by atoms with Crippen LogP contribution < -0.4 is 5.73 Å². The molecule has 1 fully saturated rings. The Labute approximate surface area is 117 Å². The summed E-state index contributed by atoms with van der Waals surface area (Å²) in [6, 6.07) is 6.95. The second-order valence-corrected chi connectivity index (χ2v) is 4.82. The van der Waals surface area contributed by atoms with Crippen molar-refractivity contribution in [2.45, 2.75) is 19.0 Å². The number of ether oxygens (including phenoxy) is 1. The first-order chi connectivity index (χ1) is 9.58. The highest BCUT2D eigenvalue weighted by atomic mass is 16.5. The number of morpholine rings is 1. The molecule has 20 heavy (non-hydrogen) atoms. The summed E-state index contributed by atoms with van der Waals surface area (Å²) in [6.45, 7) is 2.10. The predicted molar refractivity (Wildman–Crippen MR) is 72.2 cm³/mol.